The molecule has 0 aromatic carbocycles. The number of thiophene rings is 1. The topological polar surface area (TPSA) is 78.4 Å². The van der Waals surface area contributed by atoms with Crippen LogP contribution < -0.4 is 10.6 Å². The summed E-state index contributed by atoms with van der Waals surface area (Å²) in [5, 5.41) is 15.6. The van der Waals surface area contributed by atoms with Crippen LogP contribution in [0.5, 0.6) is 0 Å². The van der Waals surface area contributed by atoms with Gasteiger partial charge in [0.2, 0.25) is 0 Å². The molecule has 2 aliphatic carbocycles. The lowest BCUT2D eigenvalue weighted by Crippen LogP contribution is -2.48. The number of nitrogens with one attached hydrogen (secondary N) is 2. The van der Waals surface area contributed by atoms with Crippen LogP contribution in [0.15, 0.2) is 12.1 Å². The fraction of sp³-hybridized carbons (Fsp3) is 0.700. The molecule has 2 fully saturated rings. The maximum absolute atomic E-state index is 12.3. The lowest BCUT2D eigenvalue weighted by atomic mass is 9.84. The molecule has 144 valence electrons. The van der Waals surface area contributed by atoms with Crippen LogP contribution in [0.4, 0.5) is 0 Å². The molecule has 3 N–H and O–H groups in total. The van der Waals surface area contributed by atoms with Gasteiger partial charge in [0.25, 0.3) is 0 Å². The van der Waals surface area contributed by atoms with Crippen molar-refractivity contribution in [2.75, 3.05) is 6.54 Å². The molecule has 0 aliphatic heterocycles. The number of carbonyl (C=O) groups is 2. The summed E-state index contributed by atoms with van der Waals surface area (Å²) in [5.74, 6) is -1.02. The van der Waals surface area contributed by atoms with Crippen molar-refractivity contribution in [2.24, 2.45) is 0 Å². The number of amides is 2. The van der Waals surface area contributed by atoms with Crippen LogP contribution in [0.2, 0.25) is 0 Å². The first kappa shape index (κ1) is 19.4. The quantitative estimate of drug-likeness (QED) is 0.689. The summed E-state index contributed by atoms with van der Waals surface area (Å²) in [6, 6.07) is 4.20. The molecule has 2 amide bonds. The minimum atomic E-state index is -0.519. The van der Waals surface area contributed by atoms with E-state index in [1.165, 1.54) is 11.3 Å². The van der Waals surface area contributed by atoms with Crippen LogP contribution in [-0.4, -0.2) is 29.5 Å². The summed E-state index contributed by atoms with van der Waals surface area (Å²) in [6.45, 7) is 2.26. The van der Waals surface area contributed by atoms with E-state index in [9.17, 15) is 14.7 Å². The Morgan fingerprint density at radius 1 is 1.15 bits per heavy atom. The van der Waals surface area contributed by atoms with E-state index < -0.39 is 17.9 Å². The second kappa shape index (κ2) is 8.53. The molecular weight excluding hydrogens is 348 g/mol. The zero-order chi connectivity index (χ0) is 18.6. The van der Waals surface area contributed by atoms with Gasteiger partial charge in [0.1, 0.15) is 0 Å². The minimum Gasteiger partial charge on any atom is -0.388 e. The first-order valence-corrected chi connectivity index (χ1v) is 10.7. The molecule has 26 heavy (non-hydrogen) atoms. The molecule has 1 heterocycles. The van der Waals surface area contributed by atoms with Crippen molar-refractivity contribution in [1.82, 2.24) is 10.6 Å². The maximum Gasteiger partial charge on any atom is 0.309 e. The Balaban J connectivity index is 1.59. The third kappa shape index (κ3) is 4.46. The third-order valence-electron chi connectivity index (χ3n) is 5.86. The van der Waals surface area contributed by atoms with E-state index in [1.807, 2.05) is 6.07 Å². The predicted octanol–water partition coefficient (Wildman–Crippen LogP) is 3.18. The second-order valence-electron chi connectivity index (χ2n) is 7.86. The molecule has 3 rings (SSSR count). The first-order valence-electron chi connectivity index (χ1n) is 9.87. The lowest BCUT2D eigenvalue weighted by Gasteiger charge is -2.28. The molecule has 0 saturated heterocycles. The molecular formula is C20H30N2O3S. The van der Waals surface area contributed by atoms with Crippen molar-refractivity contribution in [1.29, 1.82) is 0 Å². The van der Waals surface area contributed by atoms with Crippen molar-refractivity contribution < 1.29 is 14.7 Å². The van der Waals surface area contributed by atoms with Gasteiger partial charge in [-0.2, -0.15) is 0 Å². The molecule has 2 saturated carbocycles. The Bertz CT molecular complexity index is 629. The van der Waals surface area contributed by atoms with Gasteiger partial charge in [-0.05, 0) is 44.7 Å². The van der Waals surface area contributed by atoms with Crippen LogP contribution in [0, 0.1) is 0 Å². The van der Waals surface area contributed by atoms with Crippen molar-refractivity contribution in [3.8, 4) is 0 Å². The summed E-state index contributed by atoms with van der Waals surface area (Å²) in [6.07, 6.45) is 9.23. The molecule has 6 heteroatoms. The van der Waals surface area contributed by atoms with Gasteiger partial charge < -0.3 is 15.7 Å². The Labute approximate surface area is 159 Å². The van der Waals surface area contributed by atoms with Gasteiger partial charge in [-0.1, -0.05) is 32.1 Å². The van der Waals surface area contributed by atoms with Crippen LogP contribution in [0.3, 0.4) is 0 Å². The largest absolute Gasteiger partial charge is 0.388 e. The summed E-state index contributed by atoms with van der Waals surface area (Å²) in [7, 11) is 0. The number of rotatable bonds is 5. The molecule has 0 spiro atoms. The zero-order valence-electron chi connectivity index (χ0n) is 15.6. The van der Waals surface area contributed by atoms with Crippen molar-refractivity contribution in [3.05, 3.63) is 21.9 Å². The fourth-order valence-corrected chi connectivity index (χ4v) is 5.44. The smallest absolute Gasteiger partial charge is 0.309 e. The van der Waals surface area contributed by atoms with Crippen LogP contribution in [0.1, 0.15) is 80.6 Å². The van der Waals surface area contributed by atoms with Crippen LogP contribution in [0.25, 0.3) is 0 Å². The van der Waals surface area contributed by atoms with E-state index in [-0.39, 0.29) is 11.5 Å². The van der Waals surface area contributed by atoms with Crippen molar-refractivity contribution >= 4 is 23.2 Å². The average Bonchev–Trinajstić information content (AvgIpc) is 3.30. The zero-order valence-corrected chi connectivity index (χ0v) is 16.4. The molecule has 1 unspecified atom stereocenters. The maximum atomic E-state index is 12.3. The first-order chi connectivity index (χ1) is 12.5. The van der Waals surface area contributed by atoms with Gasteiger partial charge in [0, 0.05) is 27.8 Å². The van der Waals surface area contributed by atoms with Gasteiger partial charge >= 0.3 is 11.8 Å². The SMILES string of the molecule is CC(O)c1ccc(C2(CNC(=O)C(=O)NC3CCCCC3)CCCC2)s1. The number of carbonyl (C=O) groups excluding carboxylic acids is 2. The Morgan fingerprint density at radius 3 is 2.46 bits per heavy atom. The minimum absolute atomic E-state index is 0.0986. The lowest BCUT2D eigenvalue weighted by molar-refractivity contribution is -0.139. The summed E-state index contributed by atoms with van der Waals surface area (Å²) >= 11 is 1.62. The highest BCUT2D eigenvalue weighted by Crippen LogP contribution is 2.44. The Morgan fingerprint density at radius 2 is 1.85 bits per heavy atom. The van der Waals surface area contributed by atoms with E-state index in [2.05, 4.69) is 16.7 Å². The summed E-state index contributed by atoms with van der Waals surface area (Å²) < 4.78 is 0. The normalized spacial score (nSPS) is 21.3. The number of hydrogen-bond acceptors (Lipinski definition) is 4. The van der Waals surface area contributed by atoms with Gasteiger partial charge in [-0.3, -0.25) is 9.59 Å². The molecule has 1 aromatic rings. The molecule has 5 nitrogen and oxygen atoms in total. The number of aliphatic hydroxyl groups is 1. The van der Waals surface area contributed by atoms with Crippen molar-refractivity contribution in [2.45, 2.75) is 82.3 Å². The van der Waals surface area contributed by atoms with Crippen LogP contribution >= 0.6 is 11.3 Å². The summed E-state index contributed by atoms with van der Waals surface area (Å²) in [4.78, 5) is 26.7. The number of hydrogen-bond donors (Lipinski definition) is 3. The highest BCUT2D eigenvalue weighted by atomic mass is 32.1. The molecule has 0 radical (unpaired) electrons. The fourth-order valence-electron chi connectivity index (χ4n) is 4.25. The standard InChI is InChI=1S/C20H30N2O3S/c1-14(23)16-9-10-17(26-16)20(11-5-6-12-20)13-21-18(24)19(25)22-15-7-3-2-4-8-15/h9-10,14-15,23H,2-8,11-13H2,1H3,(H,21,24)(H,22,25). The second-order valence-corrected chi connectivity index (χ2v) is 8.97. The third-order valence-corrected chi connectivity index (χ3v) is 7.36. The molecule has 1 aromatic heterocycles. The Hall–Kier alpha value is -1.40. The van der Waals surface area contributed by atoms with Crippen molar-refractivity contribution in [3.63, 3.8) is 0 Å². The highest BCUT2D eigenvalue weighted by molar-refractivity contribution is 7.12. The van der Waals surface area contributed by atoms with E-state index in [0.717, 1.165) is 56.2 Å². The van der Waals surface area contributed by atoms with Gasteiger partial charge in [0.05, 0.1) is 6.10 Å². The number of aliphatic hydroxyl groups excluding tert-OH is 1. The van der Waals surface area contributed by atoms with E-state index in [0.29, 0.717) is 6.54 Å². The highest BCUT2D eigenvalue weighted by Gasteiger charge is 2.38. The van der Waals surface area contributed by atoms with Gasteiger partial charge in [-0.15, -0.1) is 11.3 Å². The van der Waals surface area contributed by atoms with Gasteiger partial charge in [0.15, 0.2) is 0 Å². The summed E-state index contributed by atoms with van der Waals surface area (Å²) in [5.41, 5.74) is -0.0986. The van der Waals surface area contributed by atoms with E-state index in [4.69, 9.17) is 0 Å². The molecule has 2 aliphatic rings. The molecule has 0 bridgehead atoms. The monoisotopic (exact) mass is 378 g/mol. The average molecular weight is 379 g/mol. The van der Waals surface area contributed by atoms with Crippen LogP contribution in [-0.2, 0) is 15.0 Å². The van der Waals surface area contributed by atoms with E-state index >= 15 is 0 Å². The Kier molecular flexibility index (Phi) is 6.35. The molecule has 1 atom stereocenters. The predicted molar refractivity (Wildman–Crippen MR) is 103 cm³/mol. The van der Waals surface area contributed by atoms with Gasteiger partial charge in [-0.25, -0.2) is 0 Å². The van der Waals surface area contributed by atoms with E-state index in [1.54, 1.807) is 18.3 Å².